The Bertz CT molecular complexity index is 712. The number of likely N-dealkylation sites (tertiary alicyclic amines) is 1. The number of hydrogen-bond donors (Lipinski definition) is 0. The van der Waals surface area contributed by atoms with Gasteiger partial charge in [0.2, 0.25) is 5.91 Å². The summed E-state index contributed by atoms with van der Waals surface area (Å²) < 4.78 is 22.9. The quantitative estimate of drug-likeness (QED) is 0.816. The third kappa shape index (κ3) is 4.06. The maximum Gasteiger partial charge on any atom is 0.223 e. The number of nitrogens with zero attached hydrogens (tertiary/aromatic N) is 3. The molecule has 2 aliphatic heterocycles. The van der Waals surface area contributed by atoms with Crippen LogP contribution in [0.5, 0.6) is 0 Å². The fourth-order valence-electron chi connectivity index (χ4n) is 3.86. The van der Waals surface area contributed by atoms with Crippen molar-refractivity contribution in [3.8, 4) is 0 Å². The van der Waals surface area contributed by atoms with E-state index >= 15 is 0 Å². The van der Waals surface area contributed by atoms with E-state index in [9.17, 15) is 13.2 Å². The number of aromatic nitrogens is 1. The van der Waals surface area contributed by atoms with Gasteiger partial charge in [-0.1, -0.05) is 0 Å². The molecule has 0 aromatic carbocycles. The maximum atomic E-state index is 12.3. The molecule has 2 aliphatic rings. The van der Waals surface area contributed by atoms with Crippen LogP contribution in [-0.2, 0) is 14.6 Å². The summed E-state index contributed by atoms with van der Waals surface area (Å²) in [5, 5.41) is 0. The van der Waals surface area contributed by atoms with Crippen molar-refractivity contribution in [2.45, 2.75) is 32.2 Å². The van der Waals surface area contributed by atoms with Gasteiger partial charge in [-0.05, 0) is 37.8 Å². The number of piperidine rings is 1. The average molecular weight is 351 g/mol. The normalized spacial score (nSPS) is 23.1. The molecule has 1 aromatic heterocycles. The largest absolute Gasteiger partial charge is 0.371 e. The third-order valence-electron chi connectivity index (χ3n) is 4.93. The molecule has 132 valence electrons. The van der Waals surface area contributed by atoms with Gasteiger partial charge in [-0.2, -0.15) is 0 Å². The molecular weight excluding hydrogens is 326 g/mol. The summed E-state index contributed by atoms with van der Waals surface area (Å²) in [5.41, 5.74) is 2.19. The fourth-order valence-corrected chi connectivity index (χ4v) is 4.94. The van der Waals surface area contributed by atoms with Crippen LogP contribution in [0.1, 0.15) is 25.0 Å². The standard InChI is InChI=1S/C17H25N3O3S/c1-13-9-16(3-6-18-13)19-7-4-15(5-8-19)20-11-14(10-17(20)21)12-24(2,22)23/h3,6,9,14-15H,4-5,7-8,10-12H2,1-2H3. The van der Waals surface area contributed by atoms with Crippen LogP contribution in [-0.4, -0.2) is 61.9 Å². The Morgan fingerprint density at radius 1 is 1.29 bits per heavy atom. The second-order valence-corrected chi connectivity index (χ2v) is 9.27. The molecule has 7 heteroatoms. The third-order valence-corrected chi connectivity index (χ3v) is 6.00. The fraction of sp³-hybridized carbons (Fsp3) is 0.647. The van der Waals surface area contributed by atoms with Gasteiger partial charge in [-0.25, -0.2) is 8.42 Å². The Hall–Kier alpha value is -1.63. The van der Waals surface area contributed by atoms with Gasteiger partial charge in [0.1, 0.15) is 9.84 Å². The summed E-state index contributed by atoms with van der Waals surface area (Å²) in [5.74, 6) is 0.180. The Morgan fingerprint density at radius 3 is 2.62 bits per heavy atom. The van der Waals surface area contributed by atoms with Crippen molar-refractivity contribution < 1.29 is 13.2 Å². The summed E-state index contributed by atoms with van der Waals surface area (Å²) in [7, 11) is -3.03. The SMILES string of the molecule is Cc1cc(N2CCC(N3CC(CS(C)(=O)=O)CC3=O)CC2)ccn1. The second kappa shape index (κ2) is 6.70. The molecule has 0 aliphatic carbocycles. The molecule has 0 spiro atoms. The first-order chi connectivity index (χ1) is 11.3. The molecule has 1 aromatic rings. The highest BCUT2D eigenvalue weighted by atomic mass is 32.2. The number of carbonyl (C=O) groups excluding carboxylic acids is 1. The first-order valence-corrected chi connectivity index (χ1v) is 10.5. The van der Waals surface area contributed by atoms with E-state index < -0.39 is 9.84 Å². The summed E-state index contributed by atoms with van der Waals surface area (Å²) in [6, 6.07) is 4.35. The molecule has 3 rings (SSSR count). The van der Waals surface area contributed by atoms with Crippen molar-refractivity contribution in [1.29, 1.82) is 0 Å². The van der Waals surface area contributed by atoms with E-state index in [1.165, 1.54) is 11.9 Å². The highest BCUT2D eigenvalue weighted by Crippen LogP contribution is 2.28. The first kappa shape index (κ1) is 17.2. The van der Waals surface area contributed by atoms with E-state index in [2.05, 4.69) is 16.0 Å². The van der Waals surface area contributed by atoms with E-state index in [-0.39, 0.29) is 23.6 Å². The van der Waals surface area contributed by atoms with Crippen LogP contribution in [0.3, 0.4) is 0 Å². The van der Waals surface area contributed by atoms with E-state index in [1.807, 2.05) is 24.1 Å². The second-order valence-electron chi connectivity index (χ2n) is 7.08. The van der Waals surface area contributed by atoms with E-state index in [1.54, 1.807) is 0 Å². The van der Waals surface area contributed by atoms with Crippen molar-refractivity contribution in [3.63, 3.8) is 0 Å². The van der Waals surface area contributed by atoms with Crippen LogP contribution in [0, 0.1) is 12.8 Å². The number of hydrogen-bond acceptors (Lipinski definition) is 5. The Labute approximate surface area is 143 Å². The first-order valence-electron chi connectivity index (χ1n) is 8.46. The smallest absolute Gasteiger partial charge is 0.223 e. The zero-order chi connectivity index (χ0) is 17.3. The van der Waals surface area contributed by atoms with Crippen molar-refractivity contribution in [2.75, 3.05) is 36.5 Å². The van der Waals surface area contributed by atoms with Crippen molar-refractivity contribution in [2.24, 2.45) is 5.92 Å². The Morgan fingerprint density at radius 2 is 2.00 bits per heavy atom. The number of rotatable bonds is 4. The lowest BCUT2D eigenvalue weighted by Gasteiger charge is -2.38. The van der Waals surface area contributed by atoms with Crippen LogP contribution in [0.15, 0.2) is 18.3 Å². The van der Waals surface area contributed by atoms with Gasteiger partial charge in [-0.3, -0.25) is 9.78 Å². The number of anilines is 1. The Kier molecular flexibility index (Phi) is 4.80. The molecular formula is C17H25N3O3S. The number of carbonyl (C=O) groups is 1. The zero-order valence-electron chi connectivity index (χ0n) is 14.3. The van der Waals surface area contributed by atoms with Crippen molar-refractivity contribution in [3.05, 3.63) is 24.0 Å². The van der Waals surface area contributed by atoms with Gasteiger partial charge in [0.25, 0.3) is 0 Å². The summed E-state index contributed by atoms with van der Waals surface area (Å²) >= 11 is 0. The van der Waals surface area contributed by atoms with E-state index in [0.717, 1.165) is 31.6 Å². The number of sulfone groups is 1. The monoisotopic (exact) mass is 351 g/mol. The molecule has 24 heavy (non-hydrogen) atoms. The van der Waals surface area contributed by atoms with Crippen molar-refractivity contribution in [1.82, 2.24) is 9.88 Å². The van der Waals surface area contributed by atoms with Crippen LogP contribution in [0.25, 0.3) is 0 Å². The maximum absolute atomic E-state index is 12.3. The predicted molar refractivity (Wildman–Crippen MR) is 93.7 cm³/mol. The minimum atomic E-state index is -3.03. The molecule has 1 atom stereocenters. The van der Waals surface area contributed by atoms with Gasteiger partial charge < -0.3 is 9.80 Å². The molecule has 2 saturated heterocycles. The van der Waals surface area contributed by atoms with Gasteiger partial charge >= 0.3 is 0 Å². The topological polar surface area (TPSA) is 70.6 Å². The van der Waals surface area contributed by atoms with Gasteiger partial charge in [0.05, 0.1) is 5.75 Å². The molecule has 6 nitrogen and oxygen atoms in total. The highest BCUT2D eigenvalue weighted by molar-refractivity contribution is 7.90. The molecule has 1 unspecified atom stereocenters. The molecule has 0 radical (unpaired) electrons. The zero-order valence-corrected chi connectivity index (χ0v) is 15.1. The van der Waals surface area contributed by atoms with Crippen LogP contribution in [0.2, 0.25) is 0 Å². The highest BCUT2D eigenvalue weighted by Gasteiger charge is 2.36. The van der Waals surface area contributed by atoms with Gasteiger partial charge in [-0.15, -0.1) is 0 Å². The van der Waals surface area contributed by atoms with E-state index in [0.29, 0.717) is 13.0 Å². The molecule has 1 amide bonds. The lowest BCUT2D eigenvalue weighted by molar-refractivity contribution is -0.130. The van der Waals surface area contributed by atoms with Gasteiger partial charge in [0.15, 0.2) is 0 Å². The number of aryl methyl sites for hydroxylation is 1. The molecule has 0 N–H and O–H groups in total. The van der Waals surface area contributed by atoms with E-state index in [4.69, 9.17) is 0 Å². The number of amides is 1. The van der Waals surface area contributed by atoms with Crippen LogP contribution >= 0.6 is 0 Å². The lowest BCUT2D eigenvalue weighted by Crippen LogP contribution is -2.45. The number of pyridine rings is 1. The molecule has 3 heterocycles. The molecule has 0 saturated carbocycles. The Balaban J connectivity index is 1.58. The van der Waals surface area contributed by atoms with Crippen LogP contribution in [0.4, 0.5) is 5.69 Å². The minimum absolute atomic E-state index is 0.0478. The van der Waals surface area contributed by atoms with Crippen LogP contribution < -0.4 is 4.90 Å². The summed E-state index contributed by atoms with van der Waals surface area (Å²) in [4.78, 5) is 20.8. The summed E-state index contributed by atoms with van der Waals surface area (Å²) in [6.07, 6.45) is 5.31. The molecule has 0 bridgehead atoms. The molecule has 2 fully saturated rings. The van der Waals surface area contributed by atoms with Crippen molar-refractivity contribution >= 4 is 21.4 Å². The average Bonchev–Trinajstić information content (AvgIpc) is 2.86. The van der Waals surface area contributed by atoms with Gasteiger partial charge in [0, 0.05) is 55.9 Å². The lowest BCUT2D eigenvalue weighted by atomic mass is 10.0. The summed E-state index contributed by atoms with van der Waals surface area (Å²) in [6.45, 7) is 4.40. The minimum Gasteiger partial charge on any atom is -0.371 e. The predicted octanol–water partition coefficient (Wildman–Crippen LogP) is 1.25.